The molecule has 3 aromatic rings. The van der Waals surface area contributed by atoms with Crippen LogP contribution in [0.1, 0.15) is 12.5 Å². The monoisotopic (exact) mass is 303 g/mol. The molecular formula is C13H13N5O2S. The number of ether oxygens (including phenoxy) is 1. The highest BCUT2D eigenvalue weighted by molar-refractivity contribution is 7.20. The molecule has 0 bridgehead atoms. The SMILES string of the molecule is CCOc1cc(CNc2nn3c(=O)ccnc3s2)ccn1. The van der Waals surface area contributed by atoms with Crippen molar-refractivity contribution < 1.29 is 4.74 Å². The quantitative estimate of drug-likeness (QED) is 0.770. The lowest BCUT2D eigenvalue weighted by molar-refractivity contribution is 0.326. The van der Waals surface area contributed by atoms with E-state index in [0.29, 0.717) is 29.1 Å². The summed E-state index contributed by atoms with van der Waals surface area (Å²) in [5, 5.41) is 8.00. The third-order valence-corrected chi connectivity index (χ3v) is 3.59. The summed E-state index contributed by atoms with van der Waals surface area (Å²) in [6.45, 7) is 3.06. The van der Waals surface area contributed by atoms with Crippen molar-refractivity contribution in [3.8, 4) is 5.88 Å². The summed E-state index contributed by atoms with van der Waals surface area (Å²) in [6.07, 6.45) is 3.18. The maximum atomic E-state index is 11.6. The number of nitrogens with one attached hydrogen (secondary N) is 1. The molecule has 3 rings (SSSR count). The van der Waals surface area contributed by atoms with Crippen LogP contribution in [0.25, 0.3) is 4.96 Å². The van der Waals surface area contributed by atoms with E-state index in [-0.39, 0.29) is 5.56 Å². The molecule has 0 radical (unpaired) electrons. The van der Waals surface area contributed by atoms with Crippen LogP contribution in [0.5, 0.6) is 5.88 Å². The second-order valence-electron chi connectivity index (χ2n) is 4.17. The largest absolute Gasteiger partial charge is 0.478 e. The molecule has 0 aliphatic heterocycles. The molecule has 0 aliphatic carbocycles. The fourth-order valence-corrected chi connectivity index (χ4v) is 2.55. The van der Waals surface area contributed by atoms with Gasteiger partial charge >= 0.3 is 0 Å². The Labute approximate surface area is 124 Å². The Morgan fingerprint density at radius 3 is 3.00 bits per heavy atom. The molecule has 0 atom stereocenters. The Balaban J connectivity index is 1.75. The normalized spacial score (nSPS) is 10.7. The van der Waals surface area contributed by atoms with E-state index in [1.54, 1.807) is 6.20 Å². The second-order valence-corrected chi connectivity index (χ2v) is 5.13. The molecule has 0 spiro atoms. The number of aromatic nitrogens is 4. The fraction of sp³-hybridized carbons (Fsp3) is 0.231. The van der Waals surface area contributed by atoms with Gasteiger partial charge in [-0.15, -0.1) is 5.10 Å². The molecule has 0 aliphatic rings. The van der Waals surface area contributed by atoms with E-state index in [4.69, 9.17) is 4.74 Å². The summed E-state index contributed by atoms with van der Waals surface area (Å²) in [6, 6.07) is 5.15. The van der Waals surface area contributed by atoms with Crippen LogP contribution in [0.2, 0.25) is 0 Å². The molecule has 0 amide bonds. The zero-order chi connectivity index (χ0) is 14.7. The number of rotatable bonds is 5. The second kappa shape index (κ2) is 5.88. The summed E-state index contributed by atoms with van der Waals surface area (Å²) in [5.74, 6) is 0.596. The van der Waals surface area contributed by atoms with Gasteiger partial charge in [0.05, 0.1) is 6.61 Å². The lowest BCUT2D eigenvalue weighted by Gasteiger charge is -2.05. The first-order chi connectivity index (χ1) is 10.3. The highest BCUT2D eigenvalue weighted by Crippen LogP contribution is 2.17. The van der Waals surface area contributed by atoms with Crippen LogP contribution >= 0.6 is 11.3 Å². The van der Waals surface area contributed by atoms with Crippen LogP contribution in [0, 0.1) is 0 Å². The summed E-state index contributed by atoms with van der Waals surface area (Å²) < 4.78 is 6.64. The molecule has 108 valence electrons. The van der Waals surface area contributed by atoms with Gasteiger partial charge in [0.1, 0.15) is 0 Å². The predicted octanol–water partition coefficient (Wildman–Crippen LogP) is 1.56. The van der Waals surface area contributed by atoms with Crippen LogP contribution < -0.4 is 15.6 Å². The molecule has 8 heteroatoms. The van der Waals surface area contributed by atoms with Gasteiger partial charge in [-0.1, -0.05) is 11.3 Å². The molecule has 0 saturated heterocycles. The molecule has 0 unspecified atom stereocenters. The summed E-state index contributed by atoms with van der Waals surface area (Å²) in [7, 11) is 0. The summed E-state index contributed by atoms with van der Waals surface area (Å²) in [5.41, 5.74) is 0.833. The first kappa shape index (κ1) is 13.5. The zero-order valence-electron chi connectivity index (χ0n) is 11.3. The third kappa shape index (κ3) is 3.00. The topological polar surface area (TPSA) is 81.4 Å². The minimum Gasteiger partial charge on any atom is -0.478 e. The van der Waals surface area contributed by atoms with Crippen LogP contribution in [-0.4, -0.2) is 26.2 Å². The van der Waals surface area contributed by atoms with Crippen molar-refractivity contribution in [2.24, 2.45) is 0 Å². The van der Waals surface area contributed by atoms with Crippen molar-refractivity contribution in [3.05, 3.63) is 46.5 Å². The van der Waals surface area contributed by atoms with Gasteiger partial charge in [-0.3, -0.25) is 4.79 Å². The van der Waals surface area contributed by atoms with Gasteiger partial charge in [-0.05, 0) is 18.6 Å². The first-order valence-corrected chi connectivity index (χ1v) is 7.24. The van der Waals surface area contributed by atoms with Gasteiger partial charge in [0.15, 0.2) is 0 Å². The van der Waals surface area contributed by atoms with Crippen LogP contribution in [-0.2, 0) is 6.54 Å². The van der Waals surface area contributed by atoms with Crippen molar-refractivity contribution in [2.75, 3.05) is 11.9 Å². The highest BCUT2D eigenvalue weighted by atomic mass is 32.1. The Morgan fingerprint density at radius 1 is 1.33 bits per heavy atom. The number of hydrogen-bond acceptors (Lipinski definition) is 7. The van der Waals surface area contributed by atoms with E-state index in [0.717, 1.165) is 5.56 Å². The maximum Gasteiger partial charge on any atom is 0.275 e. The molecule has 0 saturated carbocycles. The van der Waals surface area contributed by atoms with E-state index in [1.807, 2.05) is 19.1 Å². The molecule has 0 aromatic carbocycles. The fourth-order valence-electron chi connectivity index (χ4n) is 1.78. The lowest BCUT2D eigenvalue weighted by Crippen LogP contribution is -2.12. The van der Waals surface area contributed by atoms with E-state index >= 15 is 0 Å². The standard InChI is InChI=1S/C13H13N5O2S/c1-2-20-10-7-9(3-5-14-10)8-16-12-17-18-11(19)4-6-15-13(18)21-12/h3-7H,2,8H2,1H3,(H,16,17). The van der Waals surface area contributed by atoms with E-state index in [9.17, 15) is 4.79 Å². The van der Waals surface area contributed by atoms with Crippen LogP contribution in [0.3, 0.4) is 0 Å². The minimum atomic E-state index is -0.188. The molecule has 3 aromatic heterocycles. The average molecular weight is 303 g/mol. The Hall–Kier alpha value is -2.48. The lowest BCUT2D eigenvalue weighted by atomic mass is 10.2. The Morgan fingerprint density at radius 2 is 2.19 bits per heavy atom. The molecule has 1 N–H and O–H groups in total. The van der Waals surface area contributed by atoms with E-state index in [2.05, 4.69) is 20.4 Å². The van der Waals surface area contributed by atoms with Gasteiger partial charge in [0, 0.05) is 31.1 Å². The Bertz CT molecular complexity index is 813. The average Bonchev–Trinajstić information content (AvgIpc) is 2.91. The van der Waals surface area contributed by atoms with Gasteiger partial charge < -0.3 is 10.1 Å². The number of hydrogen-bond donors (Lipinski definition) is 1. The Kier molecular flexibility index (Phi) is 3.78. The third-order valence-electron chi connectivity index (χ3n) is 2.71. The molecule has 3 heterocycles. The molecular weight excluding hydrogens is 290 g/mol. The predicted molar refractivity (Wildman–Crippen MR) is 79.9 cm³/mol. The smallest absolute Gasteiger partial charge is 0.275 e. The van der Waals surface area contributed by atoms with E-state index in [1.165, 1.54) is 28.1 Å². The van der Waals surface area contributed by atoms with Gasteiger partial charge in [0.2, 0.25) is 16.0 Å². The highest BCUT2D eigenvalue weighted by Gasteiger charge is 2.06. The van der Waals surface area contributed by atoms with Crippen molar-refractivity contribution in [3.63, 3.8) is 0 Å². The zero-order valence-corrected chi connectivity index (χ0v) is 12.1. The number of fused-ring (bicyclic) bond motifs is 1. The number of anilines is 1. The number of nitrogens with zero attached hydrogens (tertiary/aromatic N) is 4. The molecule has 7 nitrogen and oxygen atoms in total. The minimum absolute atomic E-state index is 0.188. The van der Waals surface area contributed by atoms with E-state index < -0.39 is 0 Å². The molecule has 21 heavy (non-hydrogen) atoms. The molecule has 0 fully saturated rings. The first-order valence-electron chi connectivity index (χ1n) is 6.43. The maximum absolute atomic E-state index is 11.6. The van der Waals surface area contributed by atoms with Crippen molar-refractivity contribution >= 4 is 21.4 Å². The van der Waals surface area contributed by atoms with Crippen LogP contribution in [0.4, 0.5) is 5.13 Å². The van der Waals surface area contributed by atoms with Crippen molar-refractivity contribution in [1.82, 2.24) is 19.6 Å². The van der Waals surface area contributed by atoms with Crippen molar-refractivity contribution in [2.45, 2.75) is 13.5 Å². The van der Waals surface area contributed by atoms with Gasteiger partial charge in [-0.2, -0.15) is 4.52 Å². The summed E-state index contributed by atoms with van der Waals surface area (Å²) in [4.78, 5) is 20.4. The summed E-state index contributed by atoms with van der Waals surface area (Å²) >= 11 is 1.33. The van der Waals surface area contributed by atoms with Gasteiger partial charge in [0.25, 0.3) is 5.56 Å². The number of pyridine rings is 1. The van der Waals surface area contributed by atoms with Gasteiger partial charge in [-0.25, -0.2) is 9.97 Å². The van der Waals surface area contributed by atoms with Crippen LogP contribution in [0.15, 0.2) is 35.4 Å². The van der Waals surface area contributed by atoms with Crippen molar-refractivity contribution in [1.29, 1.82) is 0 Å².